The van der Waals surface area contributed by atoms with Crippen LogP contribution in [0.25, 0.3) is 0 Å². The maximum Gasteiger partial charge on any atom is 0.468 e. The van der Waals surface area contributed by atoms with E-state index < -0.39 is 75.8 Å². The second kappa shape index (κ2) is 10.9. The van der Waals surface area contributed by atoms with Crippen LogP contribution in [-0.2, 0) is 29.2 Å². The number of benzene rings is 1. The van der Waals surface area contributed by atoms with Gasteiger partial charge in [-0.1, -0.05) is 17.7 Å². The van der Waals surface area contributed by atoms with Crippen molar-refractivity contribution in [1.82, 2.24) is 0 Å². The number of alkyl halides is 7. The lowest BCUT2D eigenvalue weighted by atomic mass is 9.49. The molecule has 0 heterocycles. The van der Waals surface area contributed by atoms with E-state index in [4.69, 9.17) is 14.0 Å². The largest absolute Gasteiger partial charge is 0.468 e. The molecule has 1 aromatic rings. The van der Waals surface area contributed by atoms with Gasteiger partial charge in [-0.15, -0.1) is 0 Å². The average molecular weight is 635 g/mol. The van der Waals surface area contributed by atoms with Crippen LogP contribution in [0.15, 0.2) is 24.3 Å². The van der Waals surface area contributed by atoms with E-state index >= 15 is 0 Å². The van der Waals surface area contributed by atoms with Crippen LogP contribution >= 0.6 is 0 Å². The van der Waals surface area contributed by atoms with E-state index in [1.165, 1.54) is 12.1 Å². The van der Waals surface area contributed by atoms with Crippen LogP contribution in [-0.4, -0.2) is 54.7 Å². The summed E-state index contributed by atoms with van der Waals surface area (Å²) in [5.74, 6) is -13.7. The van der Waals surface area contributed by atoms with Gasteiger partial charge in [0.1, 0.15) is 5.75 Å². The summed E-state index contributed by atoms with van der Waals surface area (Å²) in [5.41, 5.74) is -0.674. The molecule has 4 saturated carbocycles. The van der Waals surface area contributed by atoms with E-state index in [-0.39, 0.29) is 37.0 Å². The summed E-state index contributed by atoms with van der Waals surface area (Å²) in [7, 11) is -6.59. The fourth-order valence-electron chi connectivity index (χ4n) is 6.61. The quantitative estimate of drug-likeness (QED) is 0.0808. The topological polar surface area (TPSA) is 116 Å². The number of carbonyl (C=O) groups is 2. The lowest BCUT2D eigenvalue weighted by Gasteiger charge is -2.55. The Morgan fingerprint density at radius 1 is 0.929 bits per heavy atom. The molecule has 0 radical (unpaired) electrons. The third kappa shape index (κ3) is 5.98. The fraction of sp³-hybridized carbons (Fsp3) is 0.692. The number of halogens is 7. The van der Waals surface area contributed by atoms with Crippen molar-refractivity contribution in [3.63, 3.8) is 0 Å². The number of esters is 2. The van der Waals surface area contributed by atoms with Crippen molar-refractivity contribution in [2.45, 2.75) is 81.4 Å². The highest BCUT2D eigenvalue weighted by molar-refractivity contribution is 7.87. The third-order valence-corrected chi connectivity index (χ3v) is 9.22. The average Bonchev–Trinajstić information content (AvgIpc) is 2.84. The van der Waals surface area contributed by atoms with Crippen molar-refractivity contribution in [2.75, 3.05) is 6.61 Å². The molecule has 4 aliphatic carbocycles. The zero-order valence-corrected chi connectivity index (χ0v) is 23.1. The Morgan fingerprint density at radius 2 is 1.43 bits per heavy atom. The van der Waals surface area contributed by atoms with Gasteiger partial charge in [-0.3, -0.25) is 9.35 Å². The summed E-state index contributed by atoms with van der Waals surface area (Å²) >= 11 is 0. The Labute approximate surface area is 236 Å². The predicted octanol–water partition coefficient (Wildman–Crippen LogP) is 5.83. The molecule has 0 saturated heterocycles. The lowest BCUT2D eigenvalue weighted by Crippen LogP contribution is -2.62. The Kier molecular flexibility index (Phi) is 8.43. The molecule has 0 aromatic heterocycles. The van der Waals surface area contributed by atoms with Crippen molar-refractivity contribution >= 4 is 22.1 Å². The number of ether oxygens (including phenoxy) is 3. The van der Waals surface area contributed by atoms with Gasteiger partial charge < -0.3 is 14.2 Å². The standard InChI is InChI=1S/C26H29F7O8S/c1-15-3-5-19(6-4-15)40-21(35)24(25(29,30)31,39-8-2-7-23(27,28)26(32,33)42(36,37)38)41-20(34)22-12-16-9-17(13-22)11-18(10-16)14-22/h3-6,16-18H,2,7-14H2,1H3,(H,36,37,38). The minimum absolute atomic E-state index is 0.0798. The maximum absolute atomic E-state index is 14.6. The van der Waals surface area contributed by atoms with Gasteiger partial charge in [-0.25, -0.2) is 4.79 Å². The van der Waals surface area contributed by atoms with Crippen molar-refractivity contribution in [1.29, 1.82) is 0 Å². The molecular formula is C26H29F7O8S. The number of rotatable bonds is 11. The number of carbonyl (C=O) groups excluding carboxylic acids is 2. The number of aryl methyl sites for hydroxylation is 1. The van der Waals surface area contributed by atoms with Gasteiger partial charge in [0.25, 0.3) is 0 Å². The second-order valence-corrected chi connectivity index (χ2v) is 13.0. The summed E-state index contributed by atoms with van der Waals surface area (Å²) in [5, 5.41) is -5.96. The van der Waals surface area contributed by atoms with Crippen LogP contribution in [0.4, 0.5) is 30.7 Å². The van der Waals surface area contributed by atoms with E-state index in [1.54, 1.807) is 6.92 Å². The first kappa shape index (κ1) is 32.5. The SMILES string of the molecule is Cc1ccc(OC(=O)C(OCCCC(F)(F)C(F)(F)S(=O)(=O)O)(OC(=O)C23CC4CC(CC(C4)C2)C3)C(F)(F)F)cc1. The second-order valence-electron chi connectivity index (χ2n) is 11.6. The van der Waals surface area contributed by atoms with Gasteiger partial charge in [0.05, 0.1) is 12.0 Å². The molecule has 4 aliphatic rings. The molecule has 4 fully saturated rings. The fourth-order valence-corrected chi connectivity index (χ4v) is 7.09. The molecule has 1 N–H and O–H groups in total. The van der Waals surface area contributed by atoms with Gasteiger partial charge in [-0.05, 0) is 81.8 Å². The van der Waals surface area contributed by atoms with Crippen LogP contribution in [0.5, 0.6) is 5.75 Å². The normalized spacial score (nSPS) is 27.4. The lowest BCUT2D eigenvalue weighted by molar-refractivity contribution is -0.357. The summed E-state index contributed by atoms with van der Waals surface area (Å²) in [6.45, 7) is 0.122. The first-order valence-electron chi connectivity index (χ1n) is 13.2. The summed E-state index contributed by atoms with van der Waals surface area (Å²) in [4.78, 5) is 26.6. The van der Waals surface area contributed by atoms with Crippen LogP contribution in [0, 0.1) is 30.1 Å². The smallest absolute Gasteiger partial charge is 0.421 e. The van der Waals surface area contributed by atoms with Crippen LogP contribution in [0.2, 0.25) is 0 Å². The Bertz CT molecular complexity index is 1260. The van der Waals surface area contributed by atoms with Gasteiger partial charge in [0.2, 0.25) is 0 Å². The molecule has 1 atom stereocenters. The maximum atomic E-state index is 14.6. The van der Waals surface area contributed by atoms with Crippen molar-refractivity contribution < 1.29 is 67.5 Å². The molecule has 42 heavy (non-hydrogen) atoms. The molecule has 16 heteroatoms. The van der Waals surface area contributed by atoms with Gasteiger partial charge in [-0.2, -0.15) is 39.2 Å². The monoisotopic (exact) mass is 634 g/mol. The molecule has 0 amide bonds. The van der Waals surface area contributed by atoms with Crippen molar-refractivity contribution in [2.24, 2.45) is 23.2 Å². The predicted molar refractivity (Wildman–Crippen MR) is 129 cm³/mol. The van der Waals surface area contributed by atoms with Crippen molar-refractivity contribution in [3.05, 3.63) is 29.8 Å². The Balaban J connectivity index is 1.60. The summed E-state index contributed by atoms with van der Waals surface area (Å²) in [6, 6.07) is 5.09. The molecule has 8 nitrogen and oxygen atoms in total. The van der Waals surface area contributed by atoms with Gasteiger partial charge in [0, 0.05) is 6.42 Å². The Hall–Kier alpha value is -2.46. The van der Waals surface area contributed by atoms with Gasteiger partial charge in [0.15, 0.2) is 0 Å². The first-order valence-corrected chi connectivity index (χ1v) is 14.6. The zero-order chi connectivity index (χ0) is 31.4. The number of hydrogen-bond donors (Lipinski definition) is 1. The van der Waals surface area contributed by atoms with E-state index in [0.29, 0.717) is 5.56 Å². The first-order chi connectivity index (χ1) is 19.2. The number of hydrogen-bond acceptors (Lipinski definition) is 7. The third-order valence-electron chi connectivity index (χ3n) is 8.27. The molecule has 236 valence electrons. The Morgan fingerprint density at radius 3 is 1.88 bits per heavy atom. The molecule has 1 aromatic carbocycles. The molecule has 5 rings (SSSR count). The molecule has 0 aliphatic heterocycles. The molecular weight excluding hydrogens is 605 g/mol. The van der Waals surface area contributed by atoms with Crippen LogP contribution in [0.3, 0.4) is 0 Å². The highest BCUT2D eigenvalue weighted by Gasteiger charge is 2.70. The van der Waals surface area contributed by atoms with Crippen molar-refractivity contribution in [3.8, 4) is 5.75 Å². The molecule has 0 spiro atoms. The summed E-state index contributed by atoms with van der Waals surface area (Å²) in [6.07, 6.45) is -6.15. The minimum Gasteiger partial charge on any atom is -0.421 e. The van der Waals surface area contributed by atoms with E-state index in [2.05, 4.69) is 4.74 Å². The van der Waals surface area contributed by atoms with Gasteiger partial charge >= 0.3 is 45.2 Å². The highest BCUT2D eigenvalue weighted by Crippen LogP contribution is 2.61. The van der Waals surface area contributed by atoms with Crippen LogP contribution < -0.4 is 4.74 Å². The summed E-state index contributed by atoms with van der Waals surface area (Å²) < 4.78 is 143. The molecule has 1 unspecified atom stereocenters. The molecule has 4 bridgehead atoms. The van der Waals surface area contributed by atoms with E-state index in [0.717, 1.165) is 31.4 Å². The van der Waals surface area contributed by atoms with E-state index in [1.807, 2.05) is 0 Å². The minimum atomic E-state index is -6.59. The van der Waals surface area contributed by atoms with E-state index in [9.17, 15) is 48.7 Å². The van der Waals surface area contributed by atoms with Crippen LogP contribution in [0.1, 0.15) is 56.9 Å². The zero-order valence-electron chi connectivity index (χ0n) is 22.3. The highest BCUT2D eigenvalue weighted by atomic mass is 32.2.